The van der Waals surface area contributed by atoms with Gasteiger partial charge in [-0.15, -0.1) is 3.96 Å². The lowest BCUT2D eigenvalue weighted by molar-refractivity contribution is -0.520. The molecule has 0 atom stereocenters. The molecule has 0 aromatic carbocycles. The summed E-state index contributed by atoms with van der Waals surface area (Å²) >= 11 is 1.87. The Balaban J connectivity index is 2.03. The Hall–Kier alpha value is -1.22. The molecule has 0 fully saturated rings. The van der Waals surface area contributed by atoms with Gasteiger partial charge < -0.3 is 0 Å². The lowest BCUT2D eigenvalue weighted by Gasteiger charge is -2.04. The normalized spacial score (nSPS) is 14.9. The zero-order valence-electron chi connectivity index (χ0n) is 8.52. The molecule has 76 valence electrons. The van der Waals surface area contributed by atoms with Gasteiger partial charge >= 0.3 is 0 Å². The summed E-state index contributed by atoms with van der Waals surface area (Å²) in [6, 6.07) is 4.09. The average Bonchev–Trinajstić information content (AvgIpc) is 2.74. The van der Waals surface area contributed by atoms with Crippen LogP contribution in [0.5, 0.6) is 0 Å². The van der Waals surface area contributed by atoms with Crippen molar-refractivity contribution in [1.82, 2.24) is 4.98 Å². The van der Waals surface area contributed by atoms with E-state index in [1.54, 1.807) is 4.88 Å². The van der Waals surface area contributed by atoms with Crippen molar-refractivity contribution in [2.75, 3.05) is 0 Å². The Kier molecular flexibility index (Phi) is 2.25. The van der Waals surface area contributed by atoms with Crippen molar-refractivity contribution in [2.45, 2.75) is 25.7 Å². The lowest BCUT2D eigenvalue weighted by atomic mass is 10.0. The number of aromatic nitrogens is 2. The Morgan fingerprint density at radius 2 is 2.20 bits per heavy atom. The number of pyridine rings is 1. The monoisotopic (exact) mass is 217 g/mol. The van der Waals surface area contributed by atoms with E-state index in [0.717, 1.165) is 0 Å². The van der Waals surface area contributed by atoms with Crippen LogP contribution in [0.4, 0.5) is 0 Å². The smallest absolute Gasteiger partial charge is 0.243 e. The fourth-order valence-corrected chi connectivity index (χ4v) is 3.18. The van der Waals surface area contributed by atoms with Crippen LogP contribution in [0.2, 0.25) is 0 Å². The molecule has 2 aromatic heterocycles. The summed E-state index contributed by atoms with van der Waals surface area (Å²) in [6.45, 7) is 0. The summed E-state index contributed by atoms with van der Waals surface area (Å²) in [7, 11) is 0. The highest BCUT2D eigenvalue weighted by molar-refractivity contribution is 7.02. The van der Waals surface area contributed by atoms with Gasteiger partial charge in [0.05, 0.1) is 4.88 Å². The van der Waals surface area contributed by atoms with E-state index in [1.165, 1.54) is 36.9 Å². The molecule has 0 unspecified atom stereocenters. The molecule has 0 saturated carbocycles. The van der Waals surface area contributed by atoms with Crippen molar-refractivity contribution in [3.8, 4) is 5.69 Å². The number of hydrogen-bond acceptors (Lipinski definition) is 2. The van der Waals surface area contributed by atoms with E-state index in [4.69, 9.17) is 0 Å². The number of hydrogen-bond donors (Lipinski definition) is 0. The third kappa shape index (κ3) is 1.67. The molecule has 2 heterocycles. The molecule has 0 saturated heterocycles. The highest BCUT2D eigenvalue weighted by Crippen LogP contribution is 2.23. The SMILES string of the molecule is c1cncc(-[n+]2cc3c(s2)CCCC3)c1. The molecule has 0 aliphatic heterocycles. The number of nitrogens with zero attached hydrogens (tertiary/aromatic N) is 2. The second kappa shape index (κ2) is 3.74. The Morgan fingerprint density at radius 1 is 1.27 bits per heavy atom. The zero-order chi connectivity index (χ0) is 10.1. The van der Waals surface area contributed by atoms with Crippen LogP contribution >= 0.6 is 11.5 Å². The first kappa shape index (κ1) is 9.04. The van der Waals surface area contributed by atoms with Gasteiger partial charge in [-0.1, -0.05) is 0 Å². The summed E-state index contributed by atoms with van der Waals surface area (Å²) < 4.78 is 2.24. The van der Waals surface area contributed by atoms with Crippen LogP contribution < -0.4 is 3.96 Å². The highest BCUT2D eigenvalue weighted by atomic mass is 32.1. The summed E-state index contributed by atoms with van der Waals surface area (Å²) in [4.78, 5) is 5.71. The third-order valence-electron chi connectivity index (χ3n) is 2.84. The Morgan fingerprint density at radius 3 is 3.00 bits per heavy atom. The molecular formula is C12H13N2S+. The van der Waals surface area contributed by atoms with Crippen LogP contribution in [0.15, 0.2) is 30.7 Å². The minimum atomic E-state index is 1.18. The van der Waals surface area contributed by atoms with E-state index < -0.39 is 0 Å². The van der Waals surface area contributed by atoms with Gasteiger partial charge in [-0.25, -0.2) is 0 Å². The van der Waals surface area contributed by atoms with Crippen LogP contribution in [-0.2, 0) is 12.8 Å². The maximum atomic E-state index is 4.15. The van der Waals surface area contributed by atoms with Crippen LogP contribution in [0.3, 0.4) is 0 Å². The van der Waals surface area contributed by atoms with Gasteiger partial charge in [0.25, 0.3) is 0 Å². The Labute approximate surface area is 93.4 Å². The molecule has 0 bridgehead atoms. The topological polar surface area (TPSA) is 16.8 Å². The minimum Gasteiger partial charge on any atom is -0.258 e. The molecule has 2 aromatic rings. The lowest BCUT2D eigenvalue weighted by Crippen LogP contribution is -2.23. The maximum Gasteiger partial charge on any atom is 0.243 e. The van der Waals surface area contributed by atoms with Crippen LogP contribution in [0.25, 0.3) is 5.69 Å². The van der Waals surface area contributed by atoms with Crippen molar-refractivity contribution in [3.63, 3.8) is 0 Å². The number of fused-ring (bicyclic) bond motifs is 1. The van der Waals surface area contributed by atoms with Crippen molar-refractivity contribution in [2.24, 2.45) is 0 Å². The predicted octanol–water partition coefficient (Wildman–Crippen LogP) is 2.30. The molecule has 0 amide bonds. The quantitative estimate of drug-likeness (QED) is 0.670. The molecule has 3 rings (SSSR count). The van der Waals surface area contributed by atoms with E-state index in [0.29, 0.717) is 0 Å². The first-order chi connectivity index (χ1) is 7.43. The summed E-state index contributed by atoms with van der Waals surface area (Å²) in [5, 5.41) is 0. The molecule has 1 aliphatic rings. The van der Waals surface area contributed by atoms with Gasteiger partial charge in [-0.2, -0.15) is 0 Å². The third-order valence-corrected chi connectivity index (χ3v) is 4.04. The molecule has 0 radical (unpaired) electrons. The minimum absolute atomic E-state index is 1.18. The molecule has 15 heavy (non-hydrogen) atoms. The number of rotatable bonds is 1. The first-order valence-electron chi connectivity index (χ1n) is 5.37. The summed E-state index contributed by atoms with van der Waals surface area (Å²) in [6.07, 6.45) is 11.2. The van der Waals surface area contributed by atoms with Crippen molar-refractivity contribution < 1.29 is 3.96 Å². The van der Waals surface area contributed by atoms with Gasteiger partial charge in [-0.05, 0) is 31.7 Å². The fraction of sp³-hybridized carbons (Fsp3) is 0.333. The van der Waals surface area contributed by atoms with E-state index >= 15 is 0 Å². The van der Waals surface area contributed by atoms with Gasteiger partial charge in [0.1, 0.15) is 17.7 Å². The summed E-state index contributed by atoms with van der Waals surface area (Å²) in [5.74, 6) is 0. The van der Waals surface area contributed by atoms with Crippen LogP contribution in [0, 0.1) is 0 Å². The van der Waals surface area contributed by atoms with Crippen molar-refractivity contribution >= 4 is 11.5 Å². The second-order valence-corrected chi connectivity index (χ2v) is 4.98. The largest absolute Gasteiger partial charge is 0.258 e. The maximum absolute atomic E-state index is 4.15. The Bertz CT molecular complexity index is 438. The second-order valence-electron chi connectivity index (χ2n) is 3.91. The fourth-order valence-electron chi connectivity index (χ4n) is 2.04. The van der Waals surface area contributed by atoms with Crippen molar-refractivity contribution in [1.29, 1.82) is 0 Å². The number of aryl methyl sites for hydroxylation is 2. The predicted molar refractivity (Wildman–Crippen MR) is 60.3 cm³/mol. The van der Waals surface area contributed by atoms with E-state index in [1.807, 2.05) is 30.0 Å². The zero-order valence-corrected chi connectivity index (χ0v) is 9.33. The average molecular weight is 217 g/mol. The molecule has 3 heteroatoms. The standard InChI is InChI=1S/C12H13N2S/c1-2-6-12-10(4-1)9-14(15-12)11-5-3-7-13-8-11/h3,5,7-9H,1-2,4,6H2/q+1. The summed E-state index contributed by atoms with van der Waals surface area (Å²) in [5.41, 5.74) is 2.71. The van der Waals surface area contributed by atoms with Gasteiger partial charge in [-0.3, -0.25) is 4.98 Å². The van der Waals surface area contributed by atoms with Crippen LogP contribution in [-0.4, -0.2) is 4.98 Å². The molecule has 2 nitrogen and oxygen atoms in total. The van der Waals surface area contributed by atoms with Crippen molar-refractivity contribution in [3.05, 3.63) is 41.2 Å². The van der Waals surface area contributed by atoms with E-state index in [9.17, 15) is 0 Å². The van der Waals surface area contributed by atoms with Crippen LogP contribution in [0.1, 0.15) is 23.3 Å². The highest BCUT2D eigenvalue weighted by Gasteiger charge is 2.20. The van der Waals surface area contributed by atoms with E-state index in [2.05, 4.69) is 21.2 Å². The van der Waals surface area contributed by atoms with Gasteiger partial charge in [0, 0.05) is 17.8 Å². The van der Waals surface area contributed by atoms with E-state index in [-0.39, 0.29) is 0 Å². The molecular weight excluding hydrogens is 204 g/mol. The molecule has 0 spiro atoms. The molecule has 0 N–H and O–H groups in total. The molecule has 1 aliphatic carbocycles. The van der Waals surface area contributed by atoms with Gasteiger partial charge in [0.2, 0.25) is 5.69 Å². The first-order valence-corrected chi connectivity index (χ1v) is 6.15. The van der Waals surface area contributed by atoms with Gasteiger partial charge in [0.15, 0.2) is 6.20 Å².